The van der Waals surface area contributed by atoms with E-state index in [1.54, 1.807) is 19.2 Å². The Morgan fingerprint density at radius 1 is 0.795 bits per heavy atom. The lowest BCUT2D eigenvalue weighted by atomic mass is 9.98. The van der Waals surface area contributed by atoms with E-state index in [1.165, 1.54) is 0 Å². The lowest BCUT2D eigenvalue weighted by Crippen LogP contribution is -2.42. The van der Waals surface area contributed by atoms with Gasteiger partial charge in [-0.15, -0.1) is 0 Å². The molecule has 1 aliphatic rings. The largest absolute Gasteiger partial charge is 0.480 e. The van der Waals surface area contributed by atoms with Crippen molar-refractivity contribution in [2.24, 2.45) is 0 Å². The normalized spacial score (nSPS) is 12.6. The van der Waals surface area contributed by atoms with E-state index in [1.807, 2.05) is 72.8 Å². The number of carbonyl (C=O) groups excluding carboxylic acids is 2. The van der Waals surface area contributed by atoms with Gasteiger partial charge >= 0.3 is 12.1 Å². The van der Waals surface area contributed by atoms with Crippen LogP contribution in [0.5, 0.6) is 0 Å². The quantitative estimate of drug-likeness (QED) is 0.294. The minimum Gasteiger partial charge on any atom is -0.480 e. The van der Waals surface area contributed by atoms with Crippen LogP contribution in [-0.4, -0.2) is 42.8 Å². The van der Waals surface area contributed by atoms with Crippen LogP contribution in [0.1, 0.15) is 33.0 Å². The fraction of sp³-hybridized carbons (Fsp3) is 0.156. The van der Waals surface area contributed by atoms with Crippen molar-refractivity contribution in [3.05, 3.63) is 119 Å². The molecule has 7 nitrogen and oxygen atoms in total. The van der Waals surface area contributed by atoms with E-state index < -0.39 is 18.1 Å². The lowest BCUT2D eigenvalue weighted by Gasteiger charge is -2.17. The van der Waals surface area contributed by atoms with E-state index in [0.717, 1.165) is 38.9 Å². The number of fused-ring (bicyclic) bond motifs is 3. The topological polar surface area (TPSA) is 105 Å². The number of benzene rings is 4. The van der Waals surface area contributed by atoms with Crippen molar-refractivity contribution in [2.75, 3.05) is 13.7 Å². The Hall–Kier alpha value is -4.91. The number of nitrogens with one attached hydrogen (secondary N) is 2. The summed E-state index contributed by atoms with van der Waals surface area (Å²) < 4.78 is 5.53. The second kappa shape index (κ2) is 11.2. The van der Waals surface area contributed by atoms with Crippen LogP contribution in [0.3, 0.4) is 0 Å². The number of carboxylic acid groups (broad SMARTS) is 1. The van der Waals surface area contributed by atoms with Crippen LogP contribution in [0.15, 0.2) is 97.1 Å². The molecule has 0 radical (unpaired) electrons. The molecule has 0 unspecified atom stereocenters. The van der Waals surface area contributed by atoms with Gasteiger partial charge in [-0.1, -0.05) is 84.9 Å². The van der Waals surface area contributed by atoms with Gasteiger partial charge in [-0.3, -0.25) is 4.79 Å². The molecule has 5 rings (SSSR count). The molecule has 39 heavy (non-hydrogen) atoms. The molecule has 1 atom stereocenters. The minimum absolute atomic E-state index is 0.107. The summed E-state index contributed by atoms with van der Waals surface area (Å²) in [7, 11) is 1.59. The summed E-state index contributed by atoms with van der Waals surface area (Å²) in [4.78, 5) is 36.3. The van der Waals surface area contributed by atoms with Gasteiger partial charge in [0.1, 0.15) is 12.6 Å². The van der Waals surface area contributed by atoms with Gasteiger partial charge in [-0.05, 0) is 51.1 Å². The monoisotopic (exact) mass is 520 g/mol. The highest BCUT2D eigenvalue weighted by atomic mass is 16.5. The highest BCUT2D eigenvalue weighted by Gasteiger charge is 2.29. The van der Waals surface area contributed by atoms with E-state index in [9.17, 15) is 19.5 Å². The summed E-state index contributed by atoms with van der Waals surface area (Å²) in [5.41, 5.74) is 7.61. The number of hydrogen-bond acceptors (Lipinski definition) is 4. The fourth-order valence-electron chi connectivity index (χ4n) is 5.01. The first-order valence-corrected chi connectivity index (χ1v) is 12.7. The van der Waals surface area contributed by atoms with Crippen LogP contribution in [0.2, 0.25) is 0 Å². The molecule has 3 N–H and O–H groups in total. The number of alkyl carbamates (subject to hydrolysis) is 1. The van der Waals surface area contributed by atoms with Crippen molar-refractivity contribution in [1.29, 1.82) is 0 Å². The Balaban J connectivity index is 1.21. The molecule has 0 saturated carbocycles. The molecule has 0 bridgehead atoms. The molecule has 0 fully saturated rings. The summed E-state index contributed by atoms with van der Waals surface area (Å²) in [6.45, 7) is 0.111. The number of carboxylic acids is 1. The van der Waals surface area contributed by atoms with Gasteiger partial charge in [0.2, 0.25) is 0 Å². The average molecular weight is 521 g/mol. The van der Waals surface area contributed by atoms with Crippen molar-refractivity contribution in [3.8, 4) is 22.3 Å². The first kappa shape index (κ1) is 25.7. The van der Waals surface area contributed by atoms with Gasteiger partial charge in [0, 0.05) is 24.9 Å². The van der Waals surface area contributed by atoms with Crippen molar-refractivity contribution in [1.82, 2.24) is 10.6 Å². The maximum absolute atomic E-state index is 12.6. The van der Waals surface area contributed by atoms with Crippen molar-refractivity contribution in [2.45, 2.75) is 18.4 Å². The number of carbonyl (C=O) groups is 3. The van der Waals surface area contributed by atoms with Gasteiger partial charge in [-0.2, -0.15) is 0 Å². The lowest BCUT2D eigenvalue weighted by molar-refractivity contribution is -0.139. The molecule has 0 aromatic heterocycles. The first-order valence-electron chi connectivity index (χ1n) is 12.7. The molecule has 2 amide bonds. The molecule has 196 valence electrons. The van der Waals surface area contributed by atoms with Crippen molar-refractivity contribution in [3.63, 3.8) is 0 Å². The smallest absolute Gasteiger partial charge is 0.407 e. The van der Waals surface area contributed by atoms with E-state index in [2.05, 4.69) is 22.8 Å². The molecule has 4 aromatic carbocycles. The molecule has 0 heterocycles. The van der Waals surface area contributed by atoms with Crippen LogP contribution >= 0.6 is 0 Å². The first-order chi connectivity index (χ1) is 18.9. The fourth-order valence-corrected chi connectivity index (χ4v) is 5.01. The summed E-state index contributed by atoms with van der Waals surface area (Å²) in [6.07, 6.45) is -0.660. The van der Waals surface area contributed by atoms with Crippen molar-refractivity contribution < 1.29 is 24.2 Å². The zero-order valence-corrected chi connectivity index (χ0v) is 21.4. The van der Waals surface area contributed by atoms with E-state index in [4.69, 9.17) is 4.74 Å². The molecule has 0 spiro atoms. The second-order valence-corrected chi connectivity index (χ2v) is 9.42. The highest BCUT2D eigenvalue weighted by molar-refractivity contribution is 5.94. The van der Waals surface area contributed by atoms with Gasteiger partial charge in [0.15, 0.2) is 0 Å². The minimum atomic E-state index is -1.14. The van der Waals surface area contributed by atoms with Gasteiger partial charge in [0.25, 0.3) is 5.91 Å². The summed E-state index contributed by atoms with van der Waals surface area (Å²) >= 11 is 0. The summed E-state index contributed by atoms with van der Waals surface area (Å²) in [5, 5.41) is 14.8. The third kappa shape index (κ3) is 5.52. The van der Waals surface area contributed by atoms with E-state index >= 15 is 0 Å². The number of hydrogen-bond donors (Lipinski definition) is 3. The van der Waals surface area contributed by atoms with Crippen LogP contribution in [-0.2, 0) is 16.0 Å². The van der Waals surface area contributed by atoms with Crippen LogP contribution < -0.4 is 10.6 Å². The Morgan fingerprint density at radius 2 is 1.33 bits per heavy atom. The molecular weight excluding hydrogens is 492 g/mol. The van der Waals surface area contributed by atoms with Crippen LogP contribution in [0.4, 0.5) is 4.79 Å². The zero-order chi connectivity index (χ0) is 27.4. The number of amides is 2. The van der Waals surface area contributed by atoms with Crippen molar-refractivity contribution >= 4 is 18.0 Å². The third-order valence-electron chi connectivity index (χ3n) is 7.04. The van der Waals surface area contributed by atoms with E-state index in [0.29, 0.717) is 5.56 Å². The zero-order valence-electron chi connectivity index (χ0n) is 21.4. The Labute approximate surface area is 226 Å². The predicted molar refractivity (Wildman–Crippen MR) is 149 cm³/mol. The Morgan fingerprint density at radius 3 is 1.87 bits per heavy atom. The molecule has 4 aromatic rings. The maximum Gasteiger partial charge on any atom is 0.407 e. The Kier molecular flexibility index (Phi) is 7.41. The standard InChI is InChI=1S/C32H28N2O5/c1-33-30(35)23-16-14-22(15-17-23)21-12-10-20(11-13-21)18-29(31(36)37)34-32(38)39-19-28-26-8-4-2-6-24(26)25-7-3-5-9-27(25)28/h2-17,28-29H,18-19H2,1H3,(H,33,35)(H,34,38)(H,36,37)/t29-/m0/s1. The number of rotatable bonds is 8. The number of ether oxygens (including phenoxy) is 1. The van der Waals surface area contributed by atoms with Gasteiger partial charge in [0.05, 0.1) is 0 Å². The predicted octanol–water partition coefficient (Wildman–Crippen LogP) is 5.25. The molecule has 7 heteroatoms. The summed E-state index contributed by atoms with van der Waals surface area (Å²) in [5.74, 6) is -1.40. The molecule has 0 aliphatic heterocycles. The highest BCUT2D eigenvalue weighted by Crippen LogP contribution is 2.44. The summed E-state index contributed by atoms with van der Waals surface area (Å²) in [6, 6.07) is 29.6. The third-order valence-corrected chi connectivity index (χ3v) is 7.04. The van der Waals surface area contributed by atoms with E-state index in [-0.39, 0.29) is 24.9 Å². The van der Waals surface area contributed by atoms with Gasteiger partial charge in [-0.25, -0.2) is 9.59 Å². The second-order valence-electron chi connectivity index (χ2n) is 9.42. The van der Waals surface area contributed by atoms with Crippen LogP contribution in [0, 0.1) is 0 Å². The van der Waals surface area contributed by atoms with Crippen LogP contribution in [0.25, 0.3) is 22.3 Å². The SMILES string of the molecule is CNC(=O)c1ccc(-c2ccc(C[C@H](NC(=O)OCC3c4ccccc4-c4ccccc43)C(=O)O)cc2)cc1. The average Bonchev–Trinajstić information content (AvgIpc) is 3.29. The maximum atomic E-state index is 12.6. The molecule has 1 aliphatic carbocycles. The molecule has 0 saturated heterocycles. The number of aliphatic carboxylic acids is 1. The van der Waals surface area contributed by atoms with Gasteiger partial charge < -0.3 is 20.5 Å². The molecular formula is C32H28N2O5. The Bertz CT molecular complexity index is 1470.